The van der Waals surface area contributed by atoms with E-state index >= 15 is 0 Å². The van der Waals surface area contributed by atoms with E-state index in [9.17, 15) is 14.7 Å². The molecular weight excluding hydrogens is 290 g/mol. The molecule has 4 nitrogen and oxygen atoms in total. The number of fused-ring (bicyclic) bond motifs is 1. The molecule has 2 aromatic carbocycles. The summed E-state index contributed by atoms with van der Waals surface area (Å²) in [6, 6.07) is 12.8. The molecule has 21 heavy (non-hydrogen) atoms. The highest BCUT2D eigenvalue weighted by Crippen LogP contribution is 2.34. The number of halogens is 1. The van der Waals surface area contributed by atoms with Crippen LogP contribution in [-0.2, 0) is 11.3 Å². The van der Waals surface area contributed by atoms with Gasteiger partial charge in [0.05, 0.1) is 0 Å². The lowest BCUT2D eigenvalue weighted by Crippen LogP contribution is -2.34. The molecule has 1 aliphatic heterocycles. The van der Waals surface area contributed by atoms with E-state index in [2.05, 4.69) is 0 Å². The SMILES string of the molecule is O=C(O)[C@H](c1ccccc1Cl)N1Cc2ccccc2C1=O. The van der Waals surface area contributed by atoms with Crippen molar-refractivity contribution in [3.8, 4) is 0 Å². The first-order chi connectivity index (χ1) is 10.1. The molecule has 2 aromatic rings. The van der Waals surface area contributed by atoms with E-state index in [-0.39, 0.29) is 12.5 Å². The van der Waals surface area contributed by atoms with Crippen LogP contribution in [0, 0.1) is 0 Å². The second kappa shape index (κ2) is 5.22. The predicted octanol–water partition coefficient (Wildman–Crippen LogP) is 3.12. The Bertz CT molecular complexity index is 729. The van der Waals surface area contributed by atoms with Crippen LogP contribution in [0.5, 0.6) is 0 Å². The summed E-state index contributed by atoms with van der Waals surface area (Å²) in [6.07, 6.45) is 0. The van der Waals surface area contributed by atoms with E-state index in [1.165, 1.54) is 4.90 Å². The lowest BCUT2D eigenvalue weighted by atomic mass is 10.1. The van der Waals surface area contributed by atoms with E-state index < -0.39 is 12.0 Å². The summed E-state index contributed by atoms with van der Waals surface area (Å²) < 4.78 is 0. The van der Waals surface area contributed by atoms with Crippen LogP contribution in [0.15, 0.2) is 48.5 Å². The van der Waals surface area contributed by atoms with Gasteiger partial charge in [0, 0.05) is 22.7 Å². The maximum Gasteiger partial charge on any atom is 0.331 e. The Hall–Kier alpha value is -2.33. The molecule has 1 N–H and O–H groups in total. The Kier molecular flexibility index (Phi) is 3.39. The van der Waals surface area contributed by atoms with Crippen LogP contribution < -0.4 is 0 Å². The van der Waals surface area contributed by atoms with Crippen molar-refractivity contribution in [3.05, 3.63) is 70.2 Å². The molecule has 0 fully saturated rings. The average molecular weight is 302 g/mol. The molecule has 0 bridgehead atoms. The Balaban J connectivity index is 2.04. The molecule has 0 saturated carbocycles. The number of amides is 1. The lowest BCUT2D eigenvalue weighted by Gasteiger charge is -2.25. The summed E-state index contributed by atoms with van der Waals surface area (Å²) in [5.74, 6) is -1.37. The highest BCUT2D eigenvalue weighted by atomic mass is 35.5. The topological polar surface area (TPSA) is 57.6 Å². The Morgan fingerprint density at radius 2 is 1.81 bits per heavy atom. The standard InChI is InChI=1S/C16H12ClNO3/c17-13-8-4-3-7-12(13)14(16(20)21)18-9-10-5-1-2-6-11(10)15(18)19/h1-8,14H,9H2,(H,20,21)/t14-/m0/s1. The quantitative estimate of drug-likeness (QED) is 0.947. The molecule has 1 atom stereocenters. The van der Waals surface area contributed by atoms with Gasteiger partial charge in [0.2, 0.25) is 0 Å². The van der Waals surface area contributed by atoms with Gasteiger partial charge in [-0.25, -0.2) is 4.79 Å². The van der Waals surface area contributed by atoms with Crippen molar-refractivity contribution >= 4 is 23.5 Å². The van der Waals surface area contributed by atoms with Gasteiger partial charge in [0.25, 0.3) is 5.91 Å². The van der Waals surface area contributed by atoms with Crippen molar-refractivity contribution < 1.29 is 14.7 Å². The molecule has 5 heteroatoms. The van der Waals surface area contributed by atoms with Crippen LogP contribution in [0.25, 0.3) is 0 Å². The van der Waals surface area contributed by atoms with Crippen LogP contribution in [0.1, 0.15) is 27.5 Å². The van der Waals surface area contributed by atoms with Gasteiger partial charge >= 0.3 is 5.97 Å². The van der Waals surface area contributed by atoms with Crippen LogP contribution in [0.4, 0.5) is 0 Å². The molecule has 0 aliphatic carbocycles. The van der Waals surface area contributed by atoms with Gasteiger partial charge < -0.3 is 10.0 Å². The number of hydrogen-bond acceptors (Lipinski definition) is 2. The maximum atomic E-state index is 12.4. The summed E-state index contributed by atoms with van der Waals surface area (Å²) >= 11 is 6.10. The monoisotopic (exact) mass is 301 g/mol. The number of nitrogens with zero attached hydrogens (tertiary/aromatic N) is 1. The zero-order valence-electron chi connectivity index (χ0n) is 11.0. The highest BCUT2D eigenvalue weighted by Gasteiger charge is 2.37. The molecule has 0 spiro atoms. The van der Waals surface area contributed by atoms with Gasteiger partial charge in [-0.05, 0) is 17.7 Å². The summed E-state index contributed by atoms with van der Waals surface area (Å²) in [7, 11) is 0. The number of carbonyl (C=O) groups is 2. The molecule has 0 radical (unpaired) electrons. The summed E-state index contributed by atoms with van der Waals surface area (Å²) in [4.78, 5) is 25.5. The number of benzene rings is 2. The zero-order chi connectivity index (χ0) is 15.0. The third-order valence-corrected chi connectivity index (χ3v) is 3.94. The minimum absolute atomic E-state index is 0.275. The van der Waals surface area contributed by atoms with E-state index in [0.717, 1.165) is 5.56 Å². The fraction of sp³-hybridized carbons (Fsp3) is 0.125. The Morgan fingerprint density at radius 3 is 2.48 bits per heavy atom. The van der Waals surface area contributed by atoms with Crippen LogP contribution >= 0.6 is 11.6 Å². The molecule has 106 valence electrons. The van der Waals surface area contributed by atoms with E-state index in [4.69, 9.17) is 11.6 Å². The first-order valence-electron chi connectivity index (χ1n) is 6.45. The lowest BCUT2D eigenvalue weighted by molar-refractivity contribution is -0.142. The van der Waals surface area contributed by atoms with Gasteiger partial charge in [-0.2, -0.15) is 0 Å². The van der Waals surface area contributed by atoms with E-state index in [1.807, 2.05) is 12.1 Å². The minimum atomic E-state index is -1.09. The van der Waals surface area contributed by atoms with Gasteiger partial charge in [-0.15, -0.1) is 0 Å². The third-order valence-electron chi connectivity index (χ3n) is 3.59. The number of aliphatic carboxylic acids is 1. The van der Waals surface area contributed by atoms with Crippen LogP contribution in [0.2, 0.25) is 5.02 Å². The van der Waals surface area contributed by atoms with Crippen molar-refractivity contribution in [2.45, 2.75) is 12.6 Å². The largest absolute Gasteiger partial charge is 0.479 e. The maximum absolute atomic E-state index is 12.4. The van der Waals surface area contributed by atoms with Gasteiger partial charge in [-0.3, -0.25) is 4.79 Å². The molecule has 0 unspecified atom stereocenters. The van der Waals surface area contributed by atoms with E-state index in [1.54, 1.807) is 36.4 Å². The Morgan fingerprint density at radius 1 is 1.14 bits per heavy atom. The number of carboxylic acids is 1. The fourth-order valence-electron chi connectivity index (χ4n) is 2.62. The van der Waals surface area contributed by atoms with Crippen molar-refractivity contribution in [2.24, 2.45) is 0 Å². The van der Waals surface area contributed by atoms with Crippen molar-refractivity contribution in [2.75, 3.05) is 0 Å². The smallest absolute Gasteiger partial charge is 0.331 e. The summed E-state index contributed by atoms with van der Waals surface area (Å²) in [5, 5.41) is 9.90. The van der Waals surface area contributed by atoms with Gasteiger partial charge in [-0.1, -0.05) is 48.0 Å². The fourth-order valence-corrected chi connectivity index (χ4v) is 2.86. The molecule has 1 aliphatic rings. The van der Waals surface area contributed by atoms with Crippen LogP contribution in [0.3, 0.4) is 0 Å². The van der Waals surface area contributed by atoms with Crippen molar-refractivity contribution in [1.29, 1.82) is 0 Å². The molecular formula is C16H12ClNO3. The minimum Gasteiger partial charge on any atom is -0.479 e. The highest BCUT2D eigenvalue weighted by molar-refractivity contribution is 6.31. The normalized spacial score (nSPS) is 14.9. The average Bonchev–Trinajstić information content (AvgIpc) is 2.79. The van der Waals surface area contributed by atoms with Crippen molar-refractivity contribution in [3.63, 3.8) is 0 Å². The van der Waals surface area contributed by atoms with Gasteiger partial charge in [0.1, 0.15) is 0 Å². The zero-order valence-corrected chi connectivity index (χ0v) is 11.7. The number of rotatable bonds is 3. The third kappa shape index (κ3) is 2.28. The van der Waals surface area contributed by atoms with E-state index in [0.29, 0.717) is 16.1 Å². The van der Waals surface area contributed by atoms with Gasteiger partial charge in [0.15, 0.2) is 6.04 Å². The summed E-state index contributed by atoms with van der Waals surface area (Å²) in [6.45, 7) is 0.275. The summed E-state index contributed by atoms with van der Waals surface area (Å²) in [5.41, 5.74) is 1.81. The van der Waals surface area contributed by atoms with Crippen molar-refractivity contribution in [1.82, 2.24) is 4.90 Å². The second-order valence-corrected chi connectivity index (χ2v) is 5.26. The Labute approximate surface area is 126 Å². The molecule has 0 saturated heterocycles. The van der Waals surface area contributed by atoms with Crippen LogP contribution in [-0.4, -0.2) is 21.9 Å². The molecule has 3 rings (SSSR count). The molecule has 0 aromatic heterocycles. The first-order valence-corrected chi connectivity index (χ1v) is 6.83. The number of carbonyl (C=O) groups excluding carboxylic acids is 1. The predicted molar refractivity (Wildman–Crippen MR) is 78.1 cm³/mol. The number of hydrogen-bond donors (Lipinski definition) is 1. The first kappa shape index (κ1) is 13.6. The number of carboxylic acid groups (broad SMARTS) is 1. The molecule has 1 amide bonds. The molecule has 1 heterocycles. The second-order valence-electron chi connectivity index (χ2n) is 4.85.